The van der Waals surface area contributed by atoms with Crippen molar-refractivity contribution < 1.29 is 42.5 Å². The standard InChI is InChI=1S/C27H29F2N7O7/c1-42-23(38)3-2-17-13-36(27(41)43-17)16-10-18(28)24(19(29)11-16)33-6-8-34(9-7-33)26(40)21(15-37)32-25(39)20-14-35-5-4-30-12-22(35)31-20/h4-5,10-12,14,17,21,37H,2-3,6-9,13,15H2,1H3,(H,32,39)/t17-,21-/m0/s1. The van der Waals surface area contributed by atoms with Crippen LogP contribution in [0.3, 0.4) is 0 Å². The Morgan fingerprint density at radius 1 is 1.19 bits per heavy atom. The first-order valence-corrected chi connectivity index (χ1v) is 13.5. The molecule has 2 fully saturated rings. The summed E-state index contributed by atoms with van der Waals surface area (Å²) in [6, 6.07) is 0.825. The monoisotopic (exact) mass is 601 g/mol. The first-order valence-electron chi connectivity index (χ1n) is 13.5. The number of benzene rings is 1. The van der Waals surface area contributed by atoms with Crippen molar-refractivity contribution in [2.24, 2.45) is 0 Å². The molecule has 2 atom stereocenters. The molecule has 0 spiro atoms. The van der Waals surface area contributed by atoms with Gasteiger partial charge in [-0.15, -0.1) is 0 Å². The summed E-state index contributed by atoms with van der Waals surface area (Å²) in [5, 5.41) is 12.3. The lowest BCUT2D eigenvalue weighted by Crippen LogP contribution is -2.56. The van der Waals surface area contributed by atoms with E-state index >= 15 is 8.78 Å². The summed E-state index contributed by atoms with van der Waals surface area (Å²) in [5.41, 5.74) is 0.140. The third kappa shape index (κ3) is 6.33. The number of fused-ring (bicyclic) bond motifs is 1. The van der Waals surface area contributed by atoms with Gasteiger partial charge in [0, 0.05) is 63.3 Å². The number of halogens is 2. The molecule has 0 aliphatic carbocycles. The number of aliphatic hydroxyl groups excluding tert-OH is 1. The third-order valence-corrected chi connectivity index (χ3v) is 7.28. The van der Waals surface area contributed by atoms with Crippen LogP contribution in [0.2, 0.25) is 0 Å². The zero-order valence-corrected chi connectivity index (χ0v) is 23.1. The van der Waals surface area contributed by atoms with Crippen molar-refractivity contribution in [3.05, 3.63) is 54.2 Å². The van der Waals surface area contributed by atoms with Gasteiger partial charge in [0.2, 0.25) is 5.91 Å². The number of piperazine rings is 1. The van der Waals surface area contributed by atoms with Gasteiger partial charge < -0.3 is 34.1 Å². The number of rotatable bonds is 9. The van der Waals surface area contributed by atoms with Gasteiger partial charge in [-0.25, -0.2) is 18.6 Å². The van der Waals surface area contributed by atoms with E-state index in [4.69, 9.17) is 4.74 Å². The number of nitrogens with zero attached hydrogens (tertiary/aromatic N) is 6. The van der Waals surface area contributed by atoms with E-state index in [1.807, 2.05) is 0 Å². The molecule has 16 heteroatoms. The molecule has 2 saturated heterocycles. The molecule has 0 bridgehead atoms. The van der Waals surface area contributed by atoms with Crippen LogP contribution in [0, 0.1) is 11.6 Å². The van der Waals surface area contributed by atoms with E-state index in [0.717, 1.165) is 17.0 Å². The molecular formula is C27H29F2N7O7. The van der Waals surface area contributed by atoms with Gasteiger partial charge in [-0.3, -0.25) is 24.3 Å². The predicted molar refractivity (Wildman–Crippen MR) is 145 cm³/mol. The highest BCUT2D eigenvalue weighted by Crippen LogP contribution is 2.32. The molecule has 2 aliphatic heterocycles. The molecule has 3 amide bonds. The number of hydrogen-bond donors (Lipinski definition) is 2. The number of nitrogens with one attached hydrogen (secondary N) is 1. The normalized spacial score (nSPS) is 17.6. The Balaban J connectivity index is 1.19. The maximum absolute atomic E-state index is 15.2. The second-order valence-electron chi connectivity index (χ2n) is 9.98. The molecule has 2 aromatic heterocycles. The van der Waals surface area contributed by atoms with Crippen molar-refractivity contribution >= 4 is 40.9 Å². The van der Waals surface area contributed by atoms with Gasteiger partial charge in [0.15, 0.2) is 17.3 Å². The number of anilines is 2. The molecule has 14 nitrogen and oxygen atoms in total. The van der Waals surface area contributed by atoms with Crippen LogP contribution in [0.15, 0.2) is 36.9 Å². The van der Waals surface area contributed by atoms with Crippen LogP contribution in [0.5, 0.6) is 0 Å². The summed E-state index contributed by atoms with van der Waals surface area (Å²) in [4.78, 5) is 61.5. The summed E-state index contributed by atoms with van der Waals surface area (Å²) in [5.74, 6) is -3.47. The SMILES string of the molecule is COC(=O)CC[C@H]1CN(c2cc(F)c(N3CCN(C(=O)[C@H](CO)NC(=O)c4cn5ccncc5n4)CC3)c(F)c2)C(=O)O1. The fourth-order valence-electron chi connectivity index (χ4n) is 5.01. The summed E-state index contributed by atoms with van der Waals surface area (Å²) in [7, 11) is 1.25. The molecule has 2 N–H and O–H groups in total. The van der Waals surface area contributed by atoms with Gasteiger partial charge in [-0.2, -0.15) is 0 Å². The number of carbonyl (C=O) groups excluding carboxylic acids is 4. The Hall–Kier alpha value is -4.86. The largest absolute Gasteiger partial charge is 0.469 e. The van der Waals surface area contributed by atoms with Crippen LogP contribution < -0.4 is 15.1 Å². The number of methoxy groups -OCH3 is 1. The van der Waals surface area contributed by atoms with E-state index in [1.54, 1.807) is 10.6 Å². The minimum atomic E-state index is -1.24. The number of aromatic nitrogens is 3. The van der Waals surface area contributed by atoms with Crippen molar-refractivity contribution in [3.63, 3.8) is 0 Å². The molecule has 0 unspecified atom stereocenters. The quantitative estimate of drug-likeness (QED) is 0.335. The second kappa shape index (κ2) is 12.6. The summed E-state index contributed by atoms with van der Waals surface area (Å²) in [6.07, 6.45) is 4.90. The maximum Gasteiger partial charge on any atom is 0.414 e. The van der Waals surface area contributed by atoms with Gasteiger partial charge >= 0.3 is 12.1 Å². The van der Waals surface area contributed by atoms with E-state index in [2.05, 4.69) is 20.0 Å². The number of esters is 1. The van der Waals surface area contributed by atoms with Gasteiger partial charge in [-0.1, -0.05) is 0 Å². The molecule has 3 aromatic rings. The average molecular weight is 602 g/mol. The van der Waals surface area contributed by atoms with Crippen LogP contribution in [0.1, 0.15) is 23.3 Å². The molecule has 0 radical (unpaired) electrons. The zero-order valence-electron chi connectivity index (χ0n) is 23.1. The van der Waals surface area contributed by atoms with Gasteiger partial charge in [0.25, 0.3) is 5.91 Å². The van der Waals surface area contributed by atoms with Gasteiger partial charge in [0.1, 0.15) is 23.5 Å². The number of imidazole rings is 1. The Bertz CT molecular complexity index is 1490. The van der Waals surface area contributed by atoms with E-state index in [-0.39, 0.29) is 62.6 Å². The van der Waals surface area contributed by atoms with Crippen molar-refractivity contribution in [2.75, 3.05) is 56.2 Å². The Morgan fingerprint density at radius 2 is 1.91 bits per heavy atom. The van der Waals surface area contributed by atoms with Crippen LogP contribution in [0.25, 0.3) is 5.65 Å². The molecule has 43 heavy (non-hydrogen) atoms. The van der Waals surface area contributed by atoms with Crippen LogP contribution in [-0.2, 0) is 19.1 Å². The third-order valence-electron chi connectivity index (χ3n) is 7.28. The molecular weight excluding hydrogens is 572 g/mol. The predicted octanol–water partition coefficient (Wildman–Crippen LogP) is 0.725. The zero-order chi connectivity index (χ0) is 30.7. The van der Waals surface area contributed by atoms with Crippen LogP contribution in [-0.4, -0.2) is 107 Å². The fraction of sp³-hybridized carbons (Fsp3) is 0.407. The molecule has 5 rings (SSSR count). The smallest absolute Gasteiger partial charge is 0.414 e. The van der Waals surface area contributed by atoms with Crippen LogP contribution in [0.4, 0.5) is 25.0 Å². The lowest BCUT2D eigenvalue weighted by atomic mass is 10.1. The van der Waals surface area contributed by atoms with Gasteiger partial charge in [-0.05, 0) is 6.42 Å². The van der Waals surface area contributed by atoms with Crippen molar-refractivity contribution in [1.29, 1.82) is 0 Å². The highest BCUT2D eigenvalue weighted by Gasteiger charge is 2.35. The highest BCUT2D eigenvalue weighted by atomic mass is 19.1. The molecule has 1 aromatic carbocycles. The molecule has 0 saturated carbocycles. The number of cyclic esters (lactones) is 1. The number of carbonyl (C=O) groups is 4. The number of ether oxygens (including phenoxy) is 2. The maximum atomic E-state index is 15.2. The Morgan fingerprint density at radius 3 is 2.56 bits per heavy atom. The first-order chi connectivity index (χ1) is 20.7. The van der Waals surface area contributed by atoms with E-state index in [0.29, 0.717) is 5.65 Å². The van der Waals surface area contributed by atoms with E-state index in [1.165, 1.54) is 35.5 Å². The van der Waals surface area contributed by atoms with Crippen molar-refractivity contribution in [1.82, 2.24) is 24.6 Å². The van der Waals surface area contributed by atoms with E-state index < -0.39 is 54.3 Å². The lowest BCUT2D eigenvalue weighted by molar-refractivity contribution is -0.141. The average Bonchev–Trinajstić information content (AvgIpc) is 3.61. The fourth-order valence-corrected chi connectivity index (χ4v) is 5.01. The van der Waals surface area contributed by atoms with E-state index in [9.17, 15) is 24.3 Å². The number of hydrogen-bond acceptors (Lipinski definition) is 10. The number of aliphatic hydroxyl groups is 1. The Labute approximate surface area is 243 Å². The minimum Gasteiger partial charge on any atom is -0.469 e. The van der Waals surface area contributed by atoms with Gasteiger partial charge in [0.05, 0.1) is 32.1 Å². The number of amides is 3. The minimum absolute atomic E-state index is 0.0196. The van der Waals surface area contributed by atoms with Crippen LogP contribution >= 0.6 is 0 Å². The first kappa shape index (κ1) is 29.6. The van der Waals surface area contributed by atoms with Crippen molar-refractivity contribution in [2.45, 2.75) is 25.0 Å². The van der Waals surface area contributed by atoms with Crippen molar-refractivity contribution in [3.8, 4) is 0 Å². The molecule has 228 valence electrons. The second-order valence-corrected chi connectivity index (χ2v) is 9.98. The molecule has 2 aliphatic rings. The lowest BCUT2D eigenvalue weighted by Gasteiger charge is -2.37. The molecule has 4 heterocycles. The summed E-state index contributed by atoms with van der Waals surface area (Å²) in [6.45, 7) is -0.339. The Kier molecular flexibility index (Phi) is 8.66. The summed E-state index contributed by atoms with van der Waals surface area (Å²) >= 11 is 0. The summed E-state index contributed by atoms with van der Waals surface area (Å²) < 4.78 is 41.8. The topological polar surface area (TPSA) is 159 Å². The highest BCUT2D eigenvalue weighted by molar-refractivity contribution is 5.96.